The van der Waals surface area contributed by atoms with Crippen molar-refractivity contribution in [3.05, 3.63) is 48.5 Å². The molecule has 13 nitrogen and oxygen atoms in total. The van der Waals surface area contributed by atoms with Gasteiger partial charge in [-0.25, -0.2) is 23.4 Å². The number of aromatic nitrogens is 3. The number of hydrogen-bond donors (Lipinski definition) is 3. The number of amides is 3. The summed E-state index contributed by atoms with van der Waals surface area (Å²) in [6.45, 7) is 8.80. The van der Waals surface area contributed by atoms with Crippen LogP contribution in [-0.4, -0.2) is 86.7 Å². The number of likely N-dealkylation sites (tertiary alicyclic amines) is 1. The third-order valence-electron chi connectivity index (χ3n) is 8.60. The average molecular weight is 669 g/mol. The van der Waals surface area contributed by atoms with E-state index in [4.69, 9.17) is 9.72 Å². The number of benzene rings is 1. The predicted molar refractivity (Wildman–Crippen MR) is 170 cm³/mol. The van der Waals surface area contributed by atoms with E-state index in [0.29, 0.717) is 34.6 Å². The van der Waals surface area contributed by atoms with Crippen molar-refractivity contribution >= 4 is 50.1 Å². The zero-order chi connectivity index (χ0) is 33.0. The van der Waals surface area contributed by atoms with Gasteiger partial charge in [-0.15, -0.1) is 17.9 Å². The van der Waals surface area contributed by atoms with Crippen molar-refractivity contribution in [2.75, 3.05) is 6.54 Å². The molecule has 3 N–H and O–H groups in total. The lowest BCUT2D eigenvalue weighted by molar-refractivity contribution is -0.150. The molecule has 3 aromatic rings. The molecule has 3 heterocycles. The molecule has 0 radical (unpaired) electrons. The van der Waals surface area contributed by atoms with E-state index in [1.165, 1.54) is 22.3 Å². The summed E-state index contributed by atoms with van der Waals surface area (Å²) >= 11 is 1.36. The van der Waals surface area contributed by atoms with Crippen LogP contribution in [0.15, 0.2) is 48.5 Å². The Kier molecular flexibility index (Phi) is 8.13. The van der Waals surface area contributed by atoms with Crippen LogP contribution >= 0.6 is 11.3 Å². The molecule has 1 aromatic carbocycles. The number of aliphatic hydroxyl groups excluding tert-OH is 1. The van der Waals surface area contributed by atoms with Crippen LogP contribution in [0.1, 0.15) is 46.5 Å². The Balaban J connectivity index is 1.29. The van der Waals surface area contributed by atoms with Gasteiger partial charge in [0.2, 0.25) is 21.8 Å². The van der Waals surface area contributed by atoms with E-state index < -0.39 is 68.1 Å². The lowest BCUT2D eigenvalue weighted by Gasteiger charge is -2.32. The molecule has 0 spiro atoms. The second kappa shape index (κ2) is 11.7. The lowest BCUT2D eigenvalue weighted by atomic mass is 9.88. The van der Waals surface area contributed by atoms with Crippen molar-refractivity contribution in [3.63, 3.8) is 0 Å². The first-order chi connectivity index (χ1) is 21.7. The van der Waals surface area contributed by atoms with Crippen molar-refractivity contribution in [1.29, 1.82) is 0 Å². The Morgan fingerprint density at radius 1 is 1.20 bits per heavy atom. The van der Waals surface area contributed by atoms with E-state index >= 15 is 0 Å². The number of ether oxygens (including phenoxy) is 1. The molecule has 6 rings (SSSR count). The van der Waals surface area contributed by atoms with Gasteiger partial charge in [-0.05, 0) is 36.8 Å². The SMILES string of the molecule is C=C[C@@H]1C[C@]1(NC(=O)[C@@H]1C[C@@H](Oc2nc3ccccc3nc2-c2nccs2)CN1C(=O)[C@@H](O)C(C)(C)C)C(=O)NS(=O)(=O)C1CC1. The number of rotatable bonds is 10. The number of carbonyl (C=O) groups is 3. The van der Waals surface area contributed by atoms with Gasteiger partial charge in [0.1, 0.15) is 28.8 Å². The van der Waals surface area contributed by atoms with Crippen molar-refractivity contribution < 1.29 is 32.6 Å². The summed E-state index contributed by atoms with van der Waals surface area (Å²) in [5, 5.41) is 15.4. The lowest BCUT2D eigenvalue weighted by Crippen LogP contribution is -2.57. The zero-order valence-corrected chi connectivity index (χ0v) is 27.3. The standard InChI is InChI=1S/C31H36N6O7S2/c1-5-17-15-31(17,29(41)36-46(42,43)19-10-11-19)35-25(39)22-14-18(16-37(22)28(40)24(38)30(2,3)4)44-26-23(27-32-12-13-45-27)33-20-8-6-7-9-21(20)34-26/h5-9,12-13,17-19,22,24,38H,1,10-11,14-16H2,2-4H3,(H,35,39)(H,36,41)/t17-,18-,22+,24-,31-/m1/s1. The summed E-state index contributed by atoms with van der Waals surface area (Å²) < 4.78 is 33.6. The molecule has 5 atom stereocenters. The third-order valence-corrected chi connectivity index (χ3v) is 11.2. The second-order valence-electron chi connectivity index (χ2n) is 13.1. The summed E-state index contributed by atoms with van der Waals surface area (Å²) in [4.78, 5) is 55.9. The molecule has 3 amide bonds. The van der Waals surface area contributed by atoms with E-state index in [-0.39, 0.29) is 25.3 Å². The number of thiazole rings is 1. The number of aliphatic hydroxyl groups is 1. The molecule has 15 heteroatoms. The van der Waals surface area contributed by atoms with Crippen LogP contribution in [0.2, 0.25) is 0 Å². The number of nitrogens with one attached hydrogen (secondary N) is 2. The molecule has 3 fully saturated rings. The van der Waals surface area contributed by atoms with Crippen molar-refractivity contribution in [2.24, 2.45) is 11.3 Å². The largest absolute Gasteiger partial charge is 0.471 e. The van der Waals surface area contributed by atoms with Gasteiger partial charge in [-0.3, -0.25) is 19.1 Å². The summed E-state index contributed by atoms with van der Waals surface area (Å²) in [5.41, 5.74) is -0.726. The Morgan fingerprint density at radius 2 is 1.89 bits per heavy atom. The van der Waals surface area contributed by atoms with Crippen molar-refractivity contribution in [2.45, 2.75) is 75.5 Å². The Bertz CT molecular complexity index is 1810. The molecule has 2 saturated carbocycles. The highest BCUT2D eigenvalue weighted by Crippen LogP contribution is 2.45. The number of sulfonamides is 1. The minimum absolute atomic E-state index is 0.0110. The van der Waals surface area contributed by atoms with Gasteiger partial charge in [0.15, 0.2) is 5.69 Å². The second-order valence-corrected chi connectivity index (χ2v) is 16.0. The summed E-state index contributed by atoms with van der Waals surface area (Å²) in [5.74, 6) is -2.51. The molecule has 2 aromatic heterocycles. The van der Waals surface area contributed by atoms with Gasteiger partial charge in [0, 0.05) is 23.9 Å². The summed E-state index contributed by atoms with van der Waals surface area (Å²) in [6.07, 6.45) is 2.06. The molecule has 2 aliphatic carbocycles. The fourth-order valence-electron chi connectivity index (χ4n) is 5.63. The van der Waals surface area contributed by atoms with Gasteiger partial charge in [-0.1, -0.05) is 39.0 Å². The van der Waals surface area contributed by atoms with E-state index in [1.807, 2.05) is 18.2 Å². The van der Waals surface area contributed by atoms with E-state index in [2.05, 4.69) is 26.6 Å². The number of hydrogen-bond acceptors (Lipinski definition) is 11. The van der Waals surface area contributed by atoms with Gasteiger partial charge in [0.25, 0.3) is 11.8 Å². The highest BCUT2D eigenvalue weighted by Gasteiger charge is 2.62. The number of carbonyl (C=O) groups excluding carboxylic acids is 3. The van der Waals surface area contributed by atoms with Crippen LogP contribution in [0.4, 0.5) is 0 Å². The maximum Gasteiger partial charge on any atom is 0.259 e. The topological polar surface area (TPSA) is 181 Å². The molecule has 0 bridgehead atoms. The smallest absolute Gasteiger partial charge is 0.259 e. The molecule has 244 valence electrons. The van der Waals surface area contributed by atoms with Gasteiger partial charge in [0.05, 0.1) is 22.8 Å². The van der Waals surface area contributed by atoms with Gasteiger partial charge in [-0.2, -0.15) is 0 Å². The molecule has 0 unspecified atom stereocenters. The minimum atomic E-state index is -3.87. The van der Waals surface area contributed by atoms with Crippen molar-refractivity contribution in [3.8, 4) is 16.6 Å². The minimum Gasteiger partial charge on any atom is -0.471 e. The van der Waals surface area contributed by atoms with Crippen LogP contribution in [0, 0.1) is 11.3 Å². The van der Waals surface area contributed by atoms with Crippen LogP contribution in [-0.2, 0) is 24.4 Å². The number of para-hydroxylation sites is 2. The normalized spacial score (nSPS) is 25.1. The molecule has 46 heavy (non-hydrogen) atoms. The first-order valence-electron chi connectivity index (χ1n) is 15.1. The quantitative estimate of drug-likeness (QED) is 0.271. The zero-order valence-electron chi connectivity index (χ0n) is 25.7. The fourth-order valence-corrected chi connectivity index (χ4v) is 7.61. The summed E-state index contributed by atoms with van der Waals surface area (Å²) in [7, 11) is -3.87. The Hall–Kier alpha value is -3.95. The van der Waals surface area contributed by atoms with Crippen molar-refractivity contribution in [1.82, 2.24) is 29.9 Å². The first-order valence-corrected chi connectivity index (χ1v) is 17.5. The Morgan fingerprint density at radius 3 is 2.48 bits per heavy atom. The van der Waals surface area contributed by atoms with Crippen LogP contribution in [0.25, 0.3) is 21.7 Å². The summed E-state index contributed by atoms with van der Waals surface area (Å²) in [6, 6.07) is 6.15. The van der Waals surface area contributed by atoms with E-state index in [1.54, 1.807) is 38.4 Å². The van der Waals surface area contributed by atoms with Gasteiger partial charge < -0.3 is 20.1 Å². The third kappa shape index (κ3) is 6.10. The van der Waals surface area contributed by atoms with Gasteiger partial charge >= 0.3 is 0 Å². The molecule has 1 aliphatic heterocycles. The van der Waals surface area contributed by atoms with E-state index in [0.717, 1.165) is 0 Å². The fraction of sp³-hybridized carbons (Fsp3) is 0.484. The Labute approximate surface area is 270 Å². The van der Waals surface area contributed by atoms with Crippen LogP contribution in [0.5, 0.6) is 5.88 Å². The molecular formula is C31H36N6O7S2. The van der Waals surface area contributed by atoms with Crippen LogP contribution < -0.4 is 14.8 Å². The van der Waals surface area contributed by atoms with Crippen LogP contribution in [0.3, 0.4) is 0 Å². The highest BCUT2D eigenvalue weighted by atomic mass is 32.2. The monoisotopic (exact) mass is 668 g/mol. The average Bonchev–Trinajstić information content (AvgIpc) is 3.88. The maximum absolute atomic E-state index is 14.0. The number of nitrogens with zero attached hydrogens (tertiary/aromatic N) is 4. The highest BCUT2D eigenvalue weighted by molar-refractivity contribution is 7.91. The molecular weight excluding hydrogens is 633 g/mol. The number of fused-ring (bicyclic) bond motifs is 1. The predicted octanol–water partition coefficient (Wildman–Crippen LogP) is 2.18. The molecule has 3 aliphatic rings. The first kappa shape index (κ1) is 32.0. The molecule has 1 saturated heterocycles. The van der Waals surface area contributed by atoms with E-state index in [9.17, 15) is 27.9 Å². The maximum atomic E-state index is 14.0.